The molecule has 3 nitrogen and oxygen atoms in total. The van der Waals surface area contributed by atoms with Crippen molar-refractivity contribution in [1.82, 2.24) is 9.80 Å². The van der Waals surface area contributed by atoms with Crippen LogP contribution in [0, 0.1) is 0 Å². The molecule has 0 aromatic heterocycles. The second-order valence-electron chi connectivity index (χ2n) is 5.36. The van der Waals surface area contributed by atoms with E-state index in [1.54, 1.807) is 0 Å². The molecular formula is C14H21Cl2N3. The Kier molecular flexibility index (Phi) is 5.09. The quantitative estimate of drug-likeness (QED) is 0.911. The molecule has 2 atom stereocenters. The van der Waals surface area contributed by atoms with Gasteiger partial charge in [-0.05, 0) is 51.3 Å². The molecule has 1 aliphatic rings. The average molecular weight is 302 g/mol. The third-order valence-electron chi connectivity index (χ3n) is 3.86. The van der Waals surface area contributed by atoms with Crippen LogP contribution in [0.4, 0.5) is 0 Å². The minimum absolute atomic E-state index is 0.0553. The predicted octanol–water partition coefficient (Wildman–Crippen LogP) is 2.63. The lowest BCUT2D eigenvalue weighted by Crippen LogP contribution is -2.45. The molecule has 0 radical (unpaired) electrons. The lowest BCUT2D eigenvalue weighted by molar-refractivity contribution is 0.196. The lowest BCUT2D eigenvalue weighted by atomic mass is 9.99. The molecule has 2 rings (SSSR count). The van der Waals surface area contributed by atoms with Crippen molar-refractivity contribution in [2.75, 3.05) is 33.7 Å². The van der Waals surface area contributed by atoms with Gasteiger partial charge >= 0.3 is 0 Å². The first-order valence-electron chi connectivity index (χ1n) is 6.58. The highest BCUT2D eigenvalue weighted by atomic mass is 35.5. The minimum atomic E-state index is -0.0553. The van der Waals surface area contributed by atoms with Crippen LogP contribution in [0.15, 0.2) is 18.2 Å². The van der Waals surface area contributed by atoms with Crippen LogP contribution in [0.1, 0.15) is 18.0 Å². The molecular weight excluding hydrogens is 281 g/mol. The number of nitrogens with zero attached hydrogens (tertiary/aromatic N) is 2. The number of likely N-dealkylation sites (N-methyl/N-ethyl adjacent to an activating group) is 2. The Balaban J connectivity index is 2.20. The van der Waals surface area contributed by atoms with Crippen molar-refractivity contribution in [1.29, 1.82) is 0 Å². The van der Waals surface area contributed by atoms with Gasteiger partial charge in [0, 0.05) is 18.6 Å². The van der Waals surface area contributed by atoms with Crippen molar-refractivity contribution in [2.45, 2.75) is 18.5 Å². The molecule has 0 amide bonds. The number of benzene rings is 1. The molecule has 1 aromatic carbocycles. The van der Waals surface area contributed by atoms with E-state index in [9.17, 15) is 0 Å². The zero-order chi connectivity index (χ0) is 14.0. The topological polar surface area (TPSA) is 32.5 Å². The fourth-order valence-electron chi connectivity index (χ4n) is 2.64. The highest BCUT2D eigenvalue weighted by molar-refractivity contribution is 6.42. The summed E-state index contributed by atoms with van der Waals surface area (Å²) in [6, 6.07) is 5.91. The van der Waals surface area contributed by atoms with Crippen LogP contribution in [-0.2, 0) is 0 Å². The summed E-state index contributed by atoms with van der Waals surface area (Å²) >= 11 is 12.0. The van der Waals surface area contributed by atoms with Crippen LogP contribution in [0.5, 0.6) is 0 Å². The van der Waals surface area contributed by atoms with Gasteiger partial charge in [0.25, 0.3) is 0 Å². The van der Waals surface area contributed by atoms with Gasteiger partial charge in [0.15, 0.2) is 0 Å². The van der Waals surface area contributed by atoms with Gasteiger partial charge in [-0.1, -0.05) is 29.3 Å². The number of hydrogen-bond donors (Lipinski definition) is 1. The molecule has 0 saturated carbocycles. The third-order valence-corrected chi connectivity index (χ3v) is 4.60. The SMILES string of the molecule is CN1CCCN(C)C(C(N)c2ccc(Cl)c(Cl)c2)C1. The molecule has 106 valence electrons. The molecule has 2 N–H and O–H groups in total. The largest absolute Gasteiger partial charge is 0.323 e. The Hall–Kier alpha value is -0.320. The fourth-order valence-corrected chi connectivity index (χ4v) is 2.94. The zero-order valence-electron chi connectivity index (χ0n) is 11.4. The van der Waals surface area contributed by atoms with E-state index in [0.717, 1.165) is 25.2 Å². The maximum Gasteiger partial charge on any atom is 0.0595 e. The zero-order valence-corrected chi connectivity index (χ0v) is 13.0. The summed E-state index contributed by atoms with van der Waals surface area (Å²) in [7, 11) is 4.29. The Morgan fingerprint density at radius 3 is 2.63 bits per heavy atom. The highest BCUT2D eigenvalue weighted by Gasteiger charge is 2.27. The number of halogens is 2. The normalized spacial score (nSPS) is 24.2. The summed E-state index contributed by atoms with van der Waals surface area (Å²) in [5, 5.41) is 1.14. The van der Waals surface area contributed by atoms with Crippen molar-refractivity contribution in [3.05, 3.63) is 33.8 Å². The molecule has 0 spiro atoms. The van der Waals surface area contributed by atoms with Crippen molar-refractivity contribution in [3.63, 3.8) is 0 Å². The van der Waals surface area contributed by atoms with E-state index in [0.29, 0.717) is 16.1 Å². The monoisotopic (exact) mass is 301 g/mol. The maximum atomic E-state index is 6.44. The van der Waals surface area contributed by atoms with Crippen LogP contribution in [-0.4, -0.2) is 49.6 Å². The third kappa shape index (κ3) is 3.61. The molecule has 1 fully saturated rings. The van der Waals surface area contributed by atoms with E-state index < -0.39 is 0 Å². The molecule has 0 bridgehead atoms. The van der Waals surface area contributed by atoms with Gasteiger partial charge in [-0.3, -0.25) is 0 Å². The second-order valence-corrected chi connectivity index (χ2v) is 6.18. The van der Waals surface area contributed by atoms with E-state index >= 15 is 0 Å². The van der Waals surface area contributed by atoms with Crippen LogP contribution in [0.3, 0.4) is 0 Å². The molecule has 19 heavy (non-hydrogen) atoms. The molecule has 1 heterocycles. The number of hydrogen-bond acceptors (Lipinski definition) is 3. The minimum Gasteiger partial charge on any atom is -0.323 e. The Bertz CT molecular complexity index is 439. The first kappa shape index (κ1) is 15.1. The van der Waals surface area contributed by atoms with Crippen LogP contribution >= 0.6 is 23.2 Å². The summed E-state index contributed by atoms with van der Waals surface area (Å²) in [6.07, 6.45) is 1.18. The predicted molar refractivity (Wildman–Crippen MR) is 81.9 cm³/mol. The van der Waals surface area contributed by atoms with Crippen molar-refractivity contribution in [3.8, 4) is 0 Å². The first-order chi connectivity index (χ1) is 8.99. The fraction of sp³-hybridized carbons (Fsp3) is 0.571. The summed E-state index contributed by atoms with van der Waals surface area (Å²) < 4.78 is 0. The molecule has 5 heteroatoms. The summed E-state index contributed by atoms with van der Waals surface area (Å²) in [6.45, 7) is 3.16. The van der Waals surface area contributed by atoms with Gasteiger partial charge in [-0.25, -0.2) is 0 Å². The summed E-state index contributed by atoms with van der Waals surface area (Å²) in [5.41, 5.74) is 7.48. The molecule has 2 unspecified atom stereocenters. The molecule has 1 saturated heterocycles. The summed E-state index contributed by atoms with van der Waals surface area (Å²) in [4.78, 5) is 4.68. The van der Waals surface area contributed by atoms with E-state index in [1.165, 1.54) is 6.42 Å². The second kappa shape index (κ2) is 6.42. The smallest absolute Gasteiger partial charge is 0.0595 e. The Morgan fingerprint density at radius 1 is 1.21 bits per heavy atom. The van der Waals surface area contributed by atoms with E-state index in [2.05, 4.69) is 23.9 Å². The van der Waals surface area contributed by atoms with E-state index in [4.69, 9.17) is 28.9 Å². The van der Waals surface area contributed by atoms with Crippen molar-refractivity contribution in [2.24, 2.45) is 5.73 Å². The molecule has 0 aliphatic carbocycles. The van der Waals surface area contributed by atoms with Gasteiger partial charge in [0.05, 0.1) is 10.0 Å². The number of rotatable bonds is 2. The van der Waals surface area contributed by atoms with Gasteiger partial charge < -0.3 is 15.5 Å². The van der Waals surface area contributed by atoms with Gasteiger partial charge in [0.1, 0.15) is 0 Å². The lowest BCUT2D eigenvalue weighted by Gasteiger charge is -2.32. The number of nitrogens with two attached hydrogens (primary N) is 1. The highest BCUT2D eigenvalue weighted by Crippen LogP contribution is 2.27. The van der Waals surface area contributed by atoms with Crippen molar-refractivity contribution >= 4 is 23.2 Å². The van der Waals surface area contributed by atoms with Crippen LogP contribution < -0.4 is 5.73 Å². The Labute approximate surface area is 125 Å². The van der Waals surface area contributed by atoms with E-state index in [1.807, 2.05) is 18.2 Å². The van der Waals surface area contributed by atoms with Gasteiger partial charge in [-0.15, -0.1) is 0 Å². The average Bonchev–Trinajstić information content (AvgIpc) is 2.54. The molecule has 1 aliphatic heterocycles. The molecule has 1 aromatic rings. The Morgan fingerprint density at radius 2 is 1.95 bits per heavy atom. The van der Waals surface area contributed by atoms with Crippen LogP contribution in [0.25, 0.3) is 0 Å². The summed E-state index contributed by atoms with van der Waals surface area (Å²) in [5.74, 6) is 0. The first-order valence-corrected chi connectivity index (χ1v) is 7.34. The van der Waals surface area contributed by atoms with Gasteiger partial charge in [-0.2, -0.15) is 0 Å². The van der Waals surface area contributed by atoms with Gasteiger partial charge in [0.2, 0.25) is 0 Å². The van der Waals surface area contributed by atoms with Crippen LogP contribution in [0.2, 0.25) is 10.0 Å². The maximum absolute atomic E-state index is 6.44. The standard InChI is InChI=1S/C14H21Cl2N3/c1-18-6-3-7-19(2)13(9-18)14(17)10-4-5-11(15)12(16)8-10/h4-5,8,13-14H,3,6-7,9,17H2,1-2H3. The van der Waals surface area contributed by atoms with Crippen molar-refractivity contribution < 1.29 is 0 Å². The van der Waals surface area contributed by atoms with E-state index in [-0.39, 0.29) is 6.04 Å².